The molecule has 0 aliphatic carbocycles. The van der Waals surface area contributed by atoms with E-state index in [0.717, 1.165) is 41.0 Å². The molecule has 0 saturated carbocycles. The first-order valence-electron chi connectivity index (χ1n) is 5.44. The number of nitrogens with zero attached hydrogens (tertiary/aromatic N) is 2. The number of aromatic nitrogens is 2. The molecule has 2 rings (SSSR count). The first-order chi connectivity index (χ1) is 7.72. The van der Waals surface area contributed by atoms with E-state index in [1.165, 1.54) is 0 Å². The van der Waals surface area contributed by atoms with Gasteiger partial charge in [0.05, 0.1) is 6.61 Å². The van der Waals surface area contributed by atoms with Crippen LogP contribution in [-0.2, 0) is 4.74 Å². The lowest BCUT2D eigenvalue weighted by Crippen LogP contribution is -2.19. The molecule has 2 heterocycles. The molecule has 88 valence electrons. The van der Waals surface area contributed by atoms with Gasteiger partial charge in [-0.1, -0.05) is 0 Å². The molecule has 5 heteroatoms. The molecular formula is C11H17N3OS. The first-order valence-corrected chi connectivity index (χ1v) is 6.60. The zero-order valence-corrected chi connectivity index (χ0v) is 10.7. The van der Waals surface area contributed by atoms with E-state index in [-0.39, 0.29) is 6.10 Å². The van der Waals surface area contributed by atoms with Crippen LogP contribution in [0.5, 0.6) is 0 Å². The van der Waals surface area contributed by atoms with Crippen molar-refractivity contribution in [3.05, 3.63) is 17.1 Å². The third kappa shape index (κ3) is 2.30. The minimum atomic E-state index is 0.0464. The number of aryl methyl sites for hydroxylation is 1. The van der Waals surface area contributed by atoms with Crippen LogP contribution < -0.4 is 5.32 Å². The van der Waals surface area contributed by atoms with E-state index >= 15 is 0 Å². The van der Waals surface area contributed by atoms with Gasteiger partial charge in [-0.15, -0.1) is 0 Å². The van der Waals surface area contributed by atoms with Gasteiger partial charge in [0.15, 0.2) is 5.82 Å². The van der Waals surface area contributed by atoms with Crippen molar-refractivity contribution in [1.82, 2.24) is 9.97 Å². The lowest BCUT2D eigenvalue weighted by atomic mass is 10.2. The molecular weight excluding hydrogens is 222 g/mol. The Kier molecular flexibility index (Phi) is 3.66. The fourth-order valence-corrected chi connectivity index (χ4v) is 2.51. The second-order valence-electron chi connectivity index (χ2n) is 3.83. The molecule has 0 aromatic carbocycles. The zero-order chi connectivity index (χ0) is 11.5. The first kappa shape index (κ1) is 11.7. The van der Waals surface area contributed by atoms with E-state index in [9.17, 15) is 0 Å². The molecule has 1 saturated heterocycles. The lowest BCUT2D eigenvalue weighted by Gasteiger charge is -2.22. The Bertz CT molecular complexity index is 378. The van der Waals surface area contributed by atoms with Crippen LogP contribution >= 0.6 is 11.8 Å². The van der Waals surface area contributed by atoms with Crippen LogP contribution in [0.25, 0.3) is 0 Å². The van der Waals surface area contributed by atoms with Crippen LogP contribution in [0, 0.1) is 13.8 Å². The number of anilines is 1. The molecule has 1 aliphatic rings. The maximum atomic E-state index is 5.68. The van der Waals surface area contributed by atoms with Gasteiger partial charge in [-0.25, -0.2) is 9.97 Å². The van der Waals surface area contributed by atoms with Crippen LogP contribution in [0.1, 0.15) is 23.2 Å². The number of thioether (sulfide) groups is 1. The topological polar surface area (TPSA) is 47.0 Å². The fraction of sp³-hybridized carbons (Fsp3) is 0.636. The smallest absolute Gasteiger partial charge is 0.160 e. The van der Waals surface area contributed by atoms with Gasteiger partial charge in [-0.2, -0.15) is 11.8 Å². The molecule has 0 radical (unpaired) electrons. The number of nitrogens with one attached hydrogen (secondary N) is 1. The highest BCUT2D eigenvalue weighted by Crippen LogP contribution is 2.26. The van der Waals surface area contributed by atoms with Gasteiger partial charge in [0.25, 0.3) is 0 Å². The number of hydrogen-bond acceptors (Lipinski definition) is 5. The highest BCUT2D eigenvalue weighted by Gasteiger charge is 2.20. The second kappa shape index (κ2) is 5.01. The summed E-state index contributed by atoms with van der Waals surface area (Å²) in [7, 11) is 1.88. The Morgan fingerprint density at radius 2 is 2.19 bits per heavy atom. The third-order valence-electron chi connectivity index (χ3n) is 2.75. The molecule has 1 aliphatic heterocycles. The van der Waals surface area contributed by atoms with Gasteiger partial charge < -0.3 is 10.1 Å². The molecule has 1 aromatic rings. The predicted molar refractivity (Wildman–Crippen MR) is 67.1 cm³/mol. The van der Waals surface area contributed by atoms with Gasteiger partial charge >= 0.3 is 0 Å². The van der Waals surface area contributed by atoms with Crippen molar-refractivity contribution in [1.29, 1.82) is 0 Å². The summed E-state index contributed by atoms with van der Waals surface area (Å²) in [6, 6.07) is 0. The summed E-state index contributed by atoms with van der Waals surface area (Å²) in [4.78, 5) is 9.03. The molecule has 4 nitrogen and oxygen atoms in total. The quantitative estimate of drug-likeness (QED) is 0.854. The SMILES string of the molecule is CNc1nc(C2CSCCO2)nc(C)c1C. The Hall–Kier alpha value is -0.810. The molecule has 1 fully saturated rings. The maximum absolute atomic E-state index is 5.68. The van der Waals surface area contributed by atoms with Crippen LogP contribution in [0.15, 0.2) is 0 Å². The van der Waals surface area contributed by atoms with Crippen LogP contribution in [0.3, 0.4) is 0 Å². The molecule has 0 spiro atoms. The number of ether oxygens (including phenoxy) is 1. The van der Waals surface area contributed by atoms with E-state index in [1.807, 2.05) is 32.7 Å². The van der Waals surface area contributed by atoms with Crippen molar-refractivity contribution in [2.24, 2.45) is 0 Å². The van der Waals surface area contributed by atoms with Crippen LogP contribution in [-0.4, -0.2) is 35.1 Å². The van der Waals surface area contributed by atoms with Gasteiger partial charge in [0, 0.05) is 29.8 Å². The maximum Gasteiger partial charge on any atom is 0.160 e. The summed E-state index contributed by atoms with van der Waals surface area (Å²) in [5.41, 5.74) is 2.13. The Labute approximate surface area is 100 Å². The van der Waals surface area contributed by atoms with Crippen molar-refractivity contribution >= 4 is 17.6 Å². The Morgan fingerprint density at radius 1 is 1.38 bits per heavy atom. The summed E-state index contributed by atoms with van der Waals surface area (Å²) in [5.74, 6) is 3.73. The molecule has 1 unspecified atom stereocenters. The molecule has 0 amide bonds. The summed E-state index contributed by atoms with van der Waals surface area (Å²) >= 11 is 1.90. The van der Waals surface area contributed by atoms with Crippen molar-refractivity contribution in [3.8, 4) is 0 Å². The van der Waals surface area contributed by atoms with E-state index < -0.39 is 0 Å². The average Bonchev–Trinajstić information content (AvgIpc) is 2.33. The highest BCUT2D eigenvalue weighted by molar-refractivity contribution is 7.99. The summed E-state index contributed by atoms with van der Waals surface area (Å²) in [6.45, 7) is 4.83. The minimum Gasteiger partial charge on any atom is -0.373 e. The molecule has 0 bridgehead atoms. The monoisotopic (exact) mass is 239 g/mol. The van der Waals surface area contributed by atoms with E-state index in [2.05, 4.69) is 15.3 Å². The summed E-state index contributed by atoms with van der Waals surface area (Å²) < 4.78 is 5.68. The summed E-state index contributed by atoms with van der Waals surface area (Å²) in [6.07, 6.45) is 0.0464. The van der Waals surface area contributed by atoms with E-state index in [0.29, 0.717) is 0 Å². The highest BCUT2D eigenvalue weighted by atomic mass is 32.2. The van der Waals surface area contributed by atoms with Crippen molar-refractivity contribution < 1.29 is 4.74 Å². The minimum absolute atomic E-state index is 0.0464. The van der Waals surface area contributed by atoms with Crippen molar-refractivity contribution in [3.63, 3.8) is 0 Å². The zero-order valence-electron chi connectivity index (χ0n) is 9.91. The van der Waals surface area contributed by atoms with Crippen LogP contribution in [0.4, 0.5) is 5.82 Å². The van der Waals surface area contributed by atoms with Gasteiger partial charge in [0.1, 0.15) is 11.9 Å². The number of rotatable bonds is 2. The largest absolute Gasteiger partial charge is 0.373 e. The molecule has 16 heavy (non-hydrogen) atoms. The van der Waals surface area contributed by atoms with Crippen LogP contribution in [0.2, 0.25) is 0 Å². The second-order valence-corrected chi connectivity index (χ2v) is 4.98. The average molecular weight is 239 g/mol. The van der Waals surface area contributed by atoms with E-state index in [1.54, 1.807) is 0 Å². The normalized spacial score (nSPS) is 20.8. The Balaban J connectivity index is 2.29. The van der Waals surface area contributed by atoms with Gasteiger partial charge in [0.2, 0.25) is 0 Å². The fourth-order valence-electron chi connectivity index (χ4n) is 1.67. The Morgan fingerprint density at radius 3 is 2.81 bits per heavy atom. The van der Waals surface area contributed by atoms with E-state index in [4.69, 9.17) is 4.74 Å². The van der Waals surface area contributed by atoms with Gasteiger partial charge in [-0.05, 0) is 13.8 Å². The van der Waals surface area contributed by atoms with Crippen molar-refractivity contribution in [2.45, 2.75) is 20.0 Å². The number of hydrogen-bond donors (Lipinski definition) is 1. The standard InChI is InChI=1S/C11H17N3OS/c1-7-8(2)13-11(14-10(7)12-3)9-6-16-5-4-15-9/h9H,4-6H2,1-3H3,(H,12,13,14). The molecule has 1 N–H and O–H groups in total. The molecule has 1 atom stereocenters. The third-order valence-corrected chi connectivity index (χ3v) is 3.74. The summed E-state index contributed by atoms with van der Waals surface area (Å²) in [5, 5.41) is 3.10. The lowest BCUT2D eigenvalue weighted by molar-refractivity contribution is 0.0694. The van der Waals surface area contributed by atoms with Gasteiger partial charge in [-0.3, -0.25) is 0 Å². The molecule has 1 aromatic heterocycles. The predicted octanol–water partition coefficient (Wildman–Crippen LogP) is 1.94. The van der Waals surface area contributed by atoms with Crippen molar-refractivity contribution in [2.75, 3.05) is 30.5 Å².